The summed E-state index contributed by atoms with van der Waals surface area (Å²) in [6.45, 7) is 0.623. The van der Waals surface area contributed by atoms with Crippen LogP contribution in [0.2, 0.25) is 0 Å². The molecule has 0 aliphatic rings. The number of carbonyl (C=O) groups excluding carboxylic acids is 1. The maximum atomic E-state index is 12.1. The minimum Gasteiger partial charge on any atom is -1.00 e. The first-order valence-corrected chi connectivity index (χ1v) is 5.99. The molecule has 0 amide bonds. The van der Waals surface area contributed by atoms with Gasteiger partial charge in [-0.2, -0.15) is 0 Å². The molecule has 0 radical (unpaired) electrons. The summed E-state index contributed by atoms with van der Waals surface area (Å²) < 4.78 is 5.83. The lowest BCUT2D eigenvalue weighted by Gasteiger charge is -2.23. The number of ether oxygens (including phenoxy) is 1. The van der Waals surface area contributed by atoms with Gasteiger partial charge in [-0.25, -0.2) is 0 Å². The molecule has 1 rings (SSSR count). The molecule has 0 atom stereocenters. The molecule has 0 bridgehead atoms. The summed E-state index contributed by atoms with van der Waals surface area (Å²) >= 11 is 0. The van der Waals surface area contributed by atoms with Crippen LogP contribution in [0.3, 0.4) is 0 Å². The predicted molar refractivity (Wildman–Crippen MR) is 70.8 cm³/mol. The van der Waals surface area contributed by atoms with Crippen molar-refractivity contribution in [3.05, 3.63) is 29.3 Å². The SMILES string of the molecule is COc1ccc(C(=O)CC[N+](C)(C)C)c(CO)c1.[I-]. The van der Waals surface area contributed by atoms with Crippen LogP contribution >= 0.6 is 0 Å². The van der Waals surface area contributed by atoms with Gasteiger partial charge in [0.05, 0.1) is 47.8 Å². The van der Waals surface area contributed by atoms with Crippen molar-refractivity contribution in [2.24, 2.45) is 0 Å². The Labute approximate surface area is 132 Å². The van der Waals surface area contributed by atoms with E-state index in [1.165, 1.54) is 0 Å². The topological polar surface area (TPSA) is 46.5 Å². The summed E-state index contributed by atoms with van der Waals surface area (Å²) in [6, 6.07) is 5.18. The number of Topliss-reactive ketones (excluding diaryl/α,β-unsaturated/α-hetero) is 1. The molecule has 0 spiro atoms. The summed E-state index contributed by atoms with van der Waals surface area (Å²) in [5, 5.41) is 9.30. The molecule has 0 heterocycles. The lowest BCUT2D eigenvalue weighted by molar-refractivity contribution is -0.869. The molecule has 0 aromatic heterocycles. The number of nitrogens with zero attached hydrogens (tertiary/aromatic N) is 1. The molecule has 19 heavy (non-hydrogen) atoms. The van der Waals surface area contributed by atoms with Gasteiger partial charge < -0.3 is 38.3 Å². The summed E-state index contributed by atoms with van der Waals surface area (Å²) in [4.78, 5) is 12.1. The van der Waals surface area contributed by atoms with E-state index in [0.29, 0.717) is 23.3 Å². The molecule has 1 aromatic rings. The Morgan fingerprint density at radius 3 is 2.42 bits per heavy atom. The maximum absolute atomic E-state index is 12.1. The number of benzene rings is 1. The first-order valence-electron chi connectivity index (χ1n) is 5.99. The van der Waals surface area contributed by atoms with Crippen molar-refractivity contribution in [3.8, 4) is 5.75 Å². The second kappa shape index (κ2) is 7.81. The molecule has 0 saturated carbocycles. The smallest absolute Gasteiger partial charge is 0.168 e. The first kappa shape index (κ1) is 18.3. The van der Waals surface area contributed by atoms with Crippen LogP contribution in [0.5, 0.6) is 5.75 Å². The number of hydrogen-bond donors (Lipinski definition) is 1. The molecule has 0 aliphatic carbocycles. The zero-order valence-electron chi connectivity index (χ0n) is 11.9. The monoisotopic (exact) mass is 379 g/mol. The highest BCUT2D eigenvalue weighted by atomic mass is 127. The quantitative estimate of drug-likeness (QED) is 0.371. The summed E-state index contributed by atoms with van der Waals surface area (Å²) in [7, 11) is 7.71. The Morgan fingerprint density at radius 1 is 1.32 bits per heavy atom. The van der Waals surface area contributed by atoms with Crippen LogP contribution in [0.25, 0.3) is 0 Å². The van der Waals surface area contributed by atoms with Gasteiger partial charge in [0.1, 0.15) is 5.75 Å². The van der Waals surface area contributed by atoms with E-state index in [0.717, 1.165) is 11.0 Å². The summed E-state index contributed by atoms with van der Waals surface area (Å²) in [5.74, 6) is 0.719. The Balaban J connectivity index is 0.00000324. The number of ketones is 1. The van der Waals surface area contributed by atoms with Gasteiger partial charge in [0.25, 0.3) is 0 Å². The molecule has 0 saturated heterocycles. The molecule has 4 nitrogen and oxygen atoms in total. The van der Waals surface area contributed by atoms with E-state index >= 15 is 0 Å². The lowest BCUT2D eigenvalue weighted by atomic mass is 10.0. The van der Waals surface area contributed by atoms with Crippen LogP contribution in [0.4, 0.5) is 0 Å². The van der Waals surface area contributed by atoms with Gasteiger partial charge in [0, 0.05) is 5.56 Å². The standard InChI is InChI=1S/C14H22NO3.HI/c1-15(2,3)8-7-14(17)13-6-5-12(18-4)9-11(13)10-16;/h5-6,9,16H,7-8,10H2,1-4H3;1H/q+1;/p-1. The Hall–Kier alpha value is -0.660. The fourth-order valence-corrected chi connectivity index (χ4v) is 1.67. The van der Waals surface area contributed by atoms with Crippen LogP contribution < -0.4 is 28.7 Å². The minimum atomic E-state index is -0.150. The van der Waals surface area contributed by atoms with Crippen molar-refractivity contribution >= 4 is 5.78 Å². The largest absolute Gasteiger partial charge is 1.00 e. The molecule has 1 aromatic carbocycles. The van der Waals surface area contributed by atoms with Crippen LogP contribution in [-0.2, 0) is 6.61 Å². The van der Waals surface area contributed by atoms with Gasteiger partial charge in [0.2, 0.25) is 0 Å². The number of methoxy groups -OCH3 is 1. The number of halogens is 1. The molecule has 0 fully saturated rings. The molecular formula is C14H22INO3. The molecule has 0 aliphatic heterocycles. The second-order valence-electron chi connectivity index (χ2n) is 5.37. The lowest BCUT2D eigenvalue weighted by Crippen LogP contribution is -3.00. The van der Waals surface area contributed by atoms with Crippen molar-refractivity contribution < 1.29 is 43.1 Å². The van der Waals surface area contributed by atoms with E-state index in [9.17, 15) is 9.90 Å². The van der Waals surface area contributed by atoms with Gasteiger partial charge in [-0.3, -0.25) is 4.79 Å². The second-order valence-corrected chi connectivity index (χ2v) is 5.37. The fraction of sp³-hybridized carbons (Fsp3) is 0.500. The van der Waals surface area contributed by atoms with E-state index in [4.69, 9.17) is 4.74 Å². The maximum Gasteiger partial charge on any atom is 0.168 e. The van der Waals surface area contributed by atoms with E-state index < -0.39 is 0 Å². The number of aliphatic hydroxyl groups excluding tert-OH is 1. The summed E-state index contributed by atoms with van der Waals surface area (Å²) in [5.41, 5.74) is 1.22. The minimum absolute atomic E-state index is 0. The van der Waals surface area contributed by atoms with Crippen molar-refractivity contribution in [2.45, 2.75) is 13.0 Å². The third-order valence-corrected chi connectivity index (χ3v) is 2.79. The first-order chi connectivity index (χ1) is 8.37. The zero-order valence-corrected chi connectivity index (χ0v) is 14.1. The Morgan fingerprint density at radius 2 is 1.95 bits per heavy atom. The number of carbonyl (C=O) groups is 1. The van der Waals surface area contributed by atoms with E-state index in [2.05, 4.69) is 0 Å². The van der Waals surface area contributed by atoms with Crippen LogP contribution in [0.1, 0.15) is 22.3 Å². The predicted octanol–water partition coefficient (Wildman–Crippen LogP) is -1.53. The van der Waals surface area contributed by atoms with E-state index in [-0.39, 0.29) is 36.4 Å². The normalized spacial score (nSPS) is 10.8. The Kier molecular flexibility index (Phi) is 7.54. The van der Waals surface area contributed by atoms with Crippen LogP contribution in [-0.4, -0.2) is 50.2 Å². The van der Waals surface area contributed by atoms with Crippen molar-refractivity contribution in [1.82, 2.24) is 0 Å². The van der Waals surface area contributed by atoms with Gasteiger partial charge in [0.15, 0.2) is 5.78 Å². The third-order valence-electron chi connectivity index (χ3n) is 2.79. The molecule has 5 heteroatoms. The number of quaternary nitrogens is 1. The zero-order chi connectivity index (χ0) is 13.8. The third kappa shape index (κ3) is 5.88. The van der Waals surface area contributed by atoms with Crippen molar-refractivity contribution in [1.29, 1.82) is 0 Å². The van der Waals surface area contributed by atoms with Gasteiger partial charge in [-0.05, 0) is 23.8 Å². The number of rotatable bonds is 6. The average molecular weight is 379 g/mol. The molecule has 1 N–H and O–H groups in total. The number of hydrogen-bond acceptors (Lipinski definition) is 3. The Bertz CT molecular complexity index is 427. The van der Waals surface area contributed by atoms with Crippen LogP contribution in [0, 0.1) is 0 Å². The van der Waals surface area contributed by atoms with Gasteiger partial charge in [-0.1, -0.05) is 0 Å². The fourth-order valence-electron chi connectivity index (χ4n) is 1.67. The molecular weight excluding hydrogens is 357 g/mol. The summed E-state index contributed by atoms with van der Waals surface area (Å²) in [6.07, 6.45) is 0.475. The van der Waals surface area contributed by atoms with E-state index in [1.54, 1.807) is 25.3 Å². The van der Waals surface area contributed by atoms with Crippen LogP contribution in [0.15, 0.2) is 18.2 Å². The molecule has 108 valence electrons. The van der Waals surface area contributed by atoms with Crippen molar-refractivity contribution in [3.63, 3.8) is 0 Å². The molecule has 0 unspecified atom stereocenters. The van der Waals surface area contributed by atoms with Gasteiger partial charge >= 0.3 is 0 Å². The van der Waals surface area contributed by atoms with Crippen molar-refractivity contribution in [2.75, 3.05) is 34.8 Å². The highest BCUT2D eigenvalue weighted by Gasteiger charge is 2.16. The van der Waals surface area contributed by atoms with E-state index in [1.807, 2.05) is 21.1 Å². The average Bonchev–Trinajstić information content (AvgIpc) is 2.34. The number of aliphatic hydroxyl groups is 1. The highest BCUT2D eigenvalue weighted by Crippen LogP contribution is 2.19. The van der Waals surface area contributed by atoms with Gasteiger partial charge in [-0.15, -0.1) is 0 Å². The highest BCUT2D eigenvalue weighted by molar-refractivity contribution is 5.97.